The predicted octanol–water partition coefficient (Wildman–Crippen LogP) is 5.50. The Labute approximate surface area is 233 Å². The number of benzene rings is 1. The molecule has 5 aromatic rings. The van der Waals surface area contributed by atoms with Gasteiger partial charge >= 0.3 is 0 Å². The van der Waals surface area contributed by atoms with Crippen molar-refractivity contribution in [2.45, 2.75) is 32.9 Å². The third kappa shape index (κ3) is 3.73. The molecule has 0 fully saturated rings. The molecule has 0 spiro atoms. The van der Waals surface area contributed by atoms with E-state index in [1.54, 1.807) is 47.3 Å². The number of methoxy groups -OCH3 is 1. The number of hydrogen-bond acceptors (Lipinski definition) is 6. The zero-order chi connectivity index (χ0) is 27.7. The first kappa shape index (κ1) is 25.4. The van der Waals surface area contributed by atoms with Crippen molar-refractivity contribution < 1.29 is 9.53 Å². The fraction of sp³-hybridized carbons (Fsp3) is 0.286. The summed E-state index contributed by atoms with van der Waals surface area (Å²) in [5, 5.41) is 5.61. The summed E-state index contributed by atoms with van der Waals surface area (Å²) in [6, 6.07) is 8.92. The molecule has 1 aliphatic heterocycles. The van der Waals surface area contributed by atoms with Gasteiger partial charge in [-0.25, -0.2) is 4.98 Å². The van der Waals surface area contributed by atoms with Crippen molar-refractivity contribution in [2.75, 3.05) is 12.0 Å². The molecule has 4 aromatic heterocycles. The number of aromatic nitrogens is 5. The minimum absolute atomic E-state index is 0.0518. The molecule has 1 unspecified atom stereocenters. The Bertz CT molecular complexity index is 1850. The topological polar surface area (TPSA) is 87.2 Å². The van der Waals surface area contributed by atoms with Gasteiger partial charge in [0, 0.05) is 36.1 Å². The van der Waals surface area contributed by atoms with Crippen LogP contribution in [0, 0.1) is 6.92 Å². The number of hydrogen-bond donors (Lipinski definition) is 0. The highest BCUT2D eigenvalue weighted by atomic mass is 35.5. The van der Waals surface area contributed by atoms with Crippen molar-refractivity contribution in [3.8, 4) is 17.1 Å². The number of rotatable bonds is 5. The Morgan fingerprint density at radius 3 is 2.56 bits per heavy atom. The minimum atomic E-state index is -0.547. The number of anilines is 1. The van der Waals surface area contributed by atoms with Crippen LogP contribution in [0.3, 0.4) is 0 Å². The van der Waals surface area contributed by atoms with Gasteiger partial charge in [0.15, 0.2) is 5.69 Å². The van der Waals surface area contributed by atoms with Crippen LogP contribution in [-0.4, -0.2) is 36.9 Å². The summed E-state index contributed by atoms with van der Waals surface area (Å²) in [6.07, 6.45) is 3.31. The summed E-state index contributed by atoms with van der Waals surface area (Å²) in [5.41, 5.74) is 2.65. The second kappa shape index (κ2) is 9.10. The molecule has 39 heavy (non-hydrogen) atoms. The van der Waals surface area contributed by atoms with Crippen LogP contribution in [0.25, 0.3) is 22.3 Å². The van der Waals surface area contributed by atoms with E-state index >= 15 is 0 Å². The van der Waals surface area contributed by atoms with Crippen LogP contribution in [0.15, 0.2) is 47.5 Å². The van der Waals surface area contributed by atoms with E-state index in [9.17, 15) is 9.59 Å². The van der Waals surface area contributed by atoms with Crippen LogP contribution in [0.2, 0.25) is 5.02 Å². The summed E-state index contributed by atoms with van der Waals surface area (Å²) in [5.74, 6) is 0.924. The average Bonchev–Trinajstić information content (AvgIpc) is 3.65. The number of carbonyl (C=O) groups excluding carboxylic acids is 1. The van der Waals surface area contributed by atoms with E-state index in [0.717, 1.165) is 31.9 Å². The molecule has 0 N–H and O–H groups in total. The Morgan fingerprint density at radius 2 is 1.90 bits per heavy atom. The molecule has 1 aliphatic rings. The molecule has 0 aliphatic carbocycles. The number of thiophene rings is 1. The first-order valence-electron chi connectivity index (χ1n) is 12.5. The molecule has 1 atom stereocenters. The first-order chi connectivity index (χ1) is 18.6. The molecular weight excluding hydrogens is 536 g/mol. The SMILES string of the molecule is COc1c(-c2nc3c(n2C(C)C)C(c2ccc(C)s2)N(c2cc(Cl)cn(C)c2=O)C3=O)ccc2c1cnn2C. The van der Waals surface area contributed by atoms with E-state index in [4.69, 9.17) is 21.3 Å². The maximum atomic E-state index is 14.2. The van der Waals surface area contributed by atoms with Gasteiger partial charge in [0.1, 0.15) is 23.3 Å². The van der Waals surface area contributed by atoms with Gasteiger partial charge in [-0.15, -0.1) is 11.3 Å². The lowest BCUT2D eigenvalue weighted by Crippen LogP contribution is -2.35. The second-order valence-electron chi connectivity index (χ2n) is 9.97. The molecule has 11 heteroatoms. The van der Waals surface area contributed by atoms with Crippen LogP contribution in [0.4, 0.5) is 5.69 Å². The maximum absolute atomic E-state index is 14.2. The van der Waals surface area contributed by atoms with E-state index < -0.39 is 6.04 Å². The molecule has 6 rings (SSSR count). The van der Waals surface area contributed by atoms with Crippen molar-refractivity contribution >= 4 is 45.4 Å². The Morgan fingerprint density at radius 1 is 1.13 bits per heavy atom. The van der Waals surface area contributed by atoms with Crippen molar-refractivity contribution in [1.82, 2.24) is 23.9 Å². The molecule has 0 saturated heterocycles. The Kier molecular flexibility index (Phi) is 5.92. The number of halogens is 1. The monoisotopic (exact) mass is 562 g/mol. The largest absolute Gasteiger partial charge is 0.495 e. The molecule has 1 aromatic carbocycles. The number of ether oxygens (including phenoxy) is 1. The van der Waals surface area contributed by atoms with Gasteiger partial charge in [0.25, 0.3) is 11.5 Å². The molecule has 9 nitrogen and oxygen atoms in total. The maximum Gasteiger partial charge on any atom is 0.279 e. The summed E-state index contributed by atoms with van der Waals surface area (Å²) < 4.78 is 11.1. The number of amides is 1. The lowest BCUT2D eigenvalue weighted by atomic mass is 10.1. The van der Waals surface area contributed by atoms with Crippen molar-refractivity contribution in [2.24, 2.45) is 14.1 Å². The molecule has 0 saturated carbocycles. The van der Waals surface area contributed by atoms with Gasteiger partial charge in [-0.3, -0.25) is 19.2 Å². The van der Waals surface area contributed by atoms with Crippen LogP contribution in [0.5, 0.6) is 5.75 Å². The van der Waals surface area contributed by atoms with E-state index in [2.05, 4.69) is 23.5 Å². The van der Waals surface area contributed by atoms with E-state index in [1.807, 2.05) is 38.2 Å². The number of imidazole rings is 1. The highest BCUT2D eigenvalue weighted by Gasteiger charge is 2.46. The number of pyridine rings is 1. The van der Waals surface area contributed by atoms with E-state index in [1.165, 1.54) is 10.8 Å². The van der Waals surface area contributed by atoms with Gasteiger partial charge in [0.2, 0.25) is 0 Å². The van der Waals surface area contributed by atoms with Crippen LogP contribution < -0.4 is 15.2 Å². The third-order valence-electron chi connectivity index (χ3n) is 7.15. The molecule has 200 valence electrons. The smallest absolute Gasteiger partial charge is 0.279 e. The number of carbonyl (C=O) groups is 1. The highest BCUT2D eigenvalue weighted by Crippen LogP contribution is 2.47. The van der Waals surface area contributed by atoms with Crippen molar-refractivity contribution in [1.29, 1.82) is 0 Å². The lowest BCUT2D eigenvalue weighted by Gasteiger charge is -2.27. The van der Waals surface area contributed by atoms with E-state index in [-0.39, 0.29) is 23.2 Å². The van der Waals surface area contributed by atoms with Crippen molar-refractivity contribution in [3.05, 3.63) is 79.2 Å². The fourth-order valence-corrected chi connectivity index (χ4v) is 6.69. The first-order valence-corrected chi connectivity index (χ1v) is 13.7. The highest BCUT2D eigenvalue weighted by molar-refractivity contribution is 7.12. The summed E-state index contributed by atoms with van der Waals surface area (Å²) in [4.78, 5) is 36.0. The number of fused-ring (bicyclic) bond motifs is 2. The van der Waals surface area contributed by atoms with Gasteiger partial charge in [-0.2, -0.15) is 5.10 Å². The zero-order valence-electron chi connectivity index (χ0n) is 22.4. The predicted molar refractivity (Wildman–Crippen MR) is 153 cm³/mol. The molecule has 5 heterocycles. The molecule has 0 bridgehead atoms. The molecule has 1 amide bonds. The standard InChI is InChI=1S/C28H27ClN6O3S/c1-14(2)34-24-22(31-26(34)17-8-9-19-18(25(17)38-6)12-30-33(19)5)28(37)35(23(24)21-10-7-15(3)39-21)20-11-16(29)13-32(4)27(20)36/h7-14,23H,1-6H3. The summed E-state index contributed by atoms with van der Waals surface area (Å²) in [6.45, 7) is 6.14. The number of nitrogens with zero attached hydrogens (tertiary/aromatic N) is 6. The minimum Gasteiger partial charge on any atom is -0.495 e. The summed E-state index contributed by atoms with van der Waals surface area (Å²) in [7, 11) is 5.13. The third-order valence-corrected chi connectivity index (χ3v) is 8.41. The van der Waals surface area contributed by atoms with Gasteiger partial charge < -0.3 is 13.9 Å². The van der Waals surface area contributed by atoms with Gasteiger partial charge in [0.05, 0.1) is 40.5 Å². The van der Waals surface area contributed by atoms with Gasteiger partial charge in [-0.1, -0.05) is 11.6 Å². The van der Waals surface area contributed by atoms with E-state index in [0.29, 0.717) is 22.3 Å². The second-order valence-corrected chi connectivity index (χ2v) is 11.7. The Hall–Kier alpha value is -3.89. The van der Waals surface area contributed by atoms with Crippen molar-refractivity contribution in [3.63, 3.8) is 0 Å². The van der Waals surface area contributed by atoms with Crippen LogP contribution in [-0.2, 0) is 14.1 Å². The zero-order valence-corrected chi connectivity index (χ0v) is 24.0. The summed E-state index contributed by atoms with van der Waals surface area (Å²) >= 11 is 7.95. The normalized spacial score (nSPS) is 15.1. The fourth-order valence-electron chi connectivity index (χ4n) is 5.47. The number of aryl methyl sites for hydroxylation is 3. The van der Waals surface area contributed by atoms with Crippen LogP contribution in [0.1, 0.15) is 51.9 Å². The Balaban J connectivity index is 1.65. The molecule has 0 radical (unpaired) electrons. The lowest BCUT2D eigenvalue weighted by molar-refractivity contribution is 0.0989. The quantitative estimate of drug-likeness (QED) is 0.282. The molecular formula is C28H27ClN6O3S. The average molecular weight is 563 g/mol. The van der Waals surface area contributed by atoms with Crippen LogP contribution >= 0.6 is 22.9 Å². The van der Waals surface area contributed by atoms with Gasteiger partial charge in [-0.05, 0) is 51.1 Å².